The first-order valence-electron chi connectivity index (χ1n) is 8.27. The lowest BCUT2D eigenvalue weighted by atomic mass is 10.2. The molecule has 0 atom stereocenters. The first-order chi connectivity index (χ1) is 11.6. The Morgan fingerprint density at radius 2 is 1.75 bits per heavy atom. The highest BCUT2D eigenvalue weighted by molar-refractivity contribution is 5.93. The standard InChI is InChI=1S/C19H23NO4/c1-3-13-23-19(22)14-5-7-15(8-6-14)20-18(21)12-11-17-10-9-16(4-2)24-17/h5-10H,3-4,11-13H2,1-2H3,(H,20,21). The molecule has 0 saturated heterocycles. The van der Waals surface area contributed by atoms with Crippen molar-refractivity contribution in [1.82, 2.24) is 0 Å². The summed E-state index contributed by atoms with van der Waals surface area (Å²) in [6.45, 7) is 4.37. The van der Waals surface area contributed by atoms with Crippen LogP contribution in [0.3, 0.4) is 0 Å². The molecule has 5 nitrogen and oxygen atoms in total. The van der Waals surface area contributed by atoms with Crippen molar-refractivity contribution in [2.24, 2.45) is 0 Å². The van der Waals surface area contributed by atoms with E-state index in [4.69, 9.17) is 9.15 Å². The summed E-state index contributed by atoms with van der Waals surface area (Å²) in [6.07, 6.45) is 2.54. The van der Waals surface area contributed by atoms with Gasteiger partial charge in [-0.3, -0.25) is 4.79 Å². The molecule has 1 N–H and O–H groups in total. The van der Waals surface area contributed by atoms with Crippen molar-refractivity contribution in [2.45, 2.75) is 39.5 Å². The molecule has 2 aromatic rings. The molecular formula is C19H23NO4. The molecule has 0 aliphatic rings. The van der Waals surface area contributed by atoms with Crippen molar-refractivity contribution in [3.63, 3.8) is 0 Å². The molecule has 0 spiro atoms. The maximum Gasteiger partial charge on any atom is 0.338 e. The highest BCUT2D eigenvalue weighted by atomic mass is 16.5. The van der Waals surface area contributed by atoms with Crippen LogP contribution in [0, 0.1) is 0 Å². The Labute approximate surface area is 142 Å². The second kappa shape index (κ2) is 8.91. The summed E-state index contributed by atoms with van der Waals surface area (Å²) in [5.41, 5.74) is 1.13. The third-order valence-corrected chi connectivity index (χ3v) is 3.51. The molecule has 0 bridgehead atoms. The van der Waals surface area contributed by atoms with Crippen LogP contribution >= 0.6 is 0 Å². The number of nitrogens with one attached hydrogen (secondary N) is 1. The number of carbonyl (C=O) groups is 2. The highest BCUT2D eigenvalue weighted by Gasteiger charge is 2.09. The van der Waals surface area contributed by atoms with Crippen molar-refractivity contribution in [3.05, 3.63) is 53.5 Å². The van der Waals surface area contributed by atoms with Crippen LogP contribution in [0.5, 0.6) is 0 Å². The summed E-state index contributed by atoms with van der Waals surface area (Å²) < 4.78 is 10.6. The predicted molar refractivity (Wildman–Crippen MR) is 92.1 cm³/mol. The number of carbonyl (C=O) groups excluding carboxylic acids is 2. The Kier molecular flexibility index (Phi) is 6.61. The molecule has 24 heavy (non-hydrogen) atoms. The van der Waals surface area contributed by atoms with Gasteiger partial charge in [0.05, 0.1) is 12.2 Å². The van der Waals surface area contributed by atoms with Gasteiger partial charge in [0.15, 0.2) is 0 Å². The number of anilines is 1. The molecule has 0 fully saturated rings. The van der Waals surface area contributed by atoms with Gasteiger partial charge in [-0.25, -0.2) is 4.79 Å². The fourth-order valence-corrected chi connectivity index (χ4v) is 2.17. The van der Waals surface area contributed by atoms with Gasteiger partial charge in [-0.1, -0.05) is 13.8 Å². The van der Waals surface area contributed by atoms with Crippen LogP contribution in [-0.4, -0.2) is 18.5 Å². The lowest BCUT2D eigenvalue weighted by Crippen LogP contribution is -2.12. The van der Waals surface area contributed by atoms with Crippen molar-refractivity contribution in [3.8, 4) is 0 Å². The summed E-state index contributed by atoms with van der Waals surface area (Å²) in [7, 11) is 0. The van der Waals surface area contributed by atoms with Gasteiger partial charge in [-0.15, -0.1) is 0 Å². The van der Waals surface area contributed by atoms with Gasteiger partial charge in [0.2, 0.25) is 5.91 Å². The molecule has 128 valence electrons. The number of aryl methyl sites for hydroxylation is 2. The van der Waals surface area contributed by atoms with E-state index in [1.54, 1.807) is 24.3 Å². The predicted octanol–water partition coefficient (Wildman–Crippen LogP) is 3.98. The molecule has 1 aromatic heterocycles. The smallest absolute Gasteiger partial charge is 0.338 e. The summed E-state index contributed by atoms with van der Waals surface area (Å²) >= 11 is 0. The SMILES string of the molecule is CCCOC(=O)c1ccc(NC(=O)CCc2ccc(CC)o2)cc1. The average Bonchev–Trinajstić information content (AvgIpc) is 3.06. The van der Waals surface area contributed by atoms with E-state index in [2.05, 4.69) is 5.32 Å². The third-order valence-electron chi connectivity index (χ3n) is 3.51. The first-order valence-corrected chi connectivity index (χ1v) is 8.27. The number of esters is 1. The molecule has 0 aliphatic carbocycles. The number of amides is 1. The molecule has 1 heterocycles. The van der Waals surface area contributed by atoms with Crippen LogP contribution in [0.2, 0.25) is 0 Å². The Morgan fingerprint density at radius 1 is 1.04 bits per heavy atom. The van der Waals surface area contributed by atoms with Crippen molar-refractivity contribution < 1.29 is 18.7 Å². The second-order valence-electron chi connectivity index (χ2n) is 5.48. The van der Waals surface area contributed by atoms with E-state index >= 15 is 0 Å². The number of ether oxygens (including phenoxy) is 1. The third kappa shape index (κ3) is 5.26. The van der Waals surface area contributed by atoms with Gasteiger partial charge in [0.1, 0.15) is 11.5 Å². The zero-order valence-corrected chi connectivity index (χ0v) is 14.1. The molecule has 1 aromatic carbocycles. The zero-order chi connectivity index (χ0) is 17.4. The van der Waals surface area contributed by atoms with Gasteiger partial charge < -0.3 is 14.5 Å². The summed E-state index contributed by atoms with van der Waals surface area (Å²) in [4.78, 5) is 23.7. The molecule has 1 amide bonds. The van der Waals surface area contributed by atoms with Gasteiger partial charge in [0, 0.05) is 24.9 Å². The Bertz CT molecular complexity index is 673. The maximum absolute atomic E-state index is 12.0. The van der Waals surface area contributed by atoms with Gasteiger partial charge >= 0.3 is 5.97 Å². The van der Waals surface area contributed by atoms with Crippen LogP contribution in [-0.2, 0) is 22.4 Å². The Morgan fingerprint density at radius 3 is 2.38 bits per heavy atom. The number of rotatable bonds is 8. The lowest BCUT2D eigenvalue weighted by molar-refractivity contribution is -0.116. The molecule has 0 radical (unpaired) electrons. The fraction of sp³-hybridized carbons (Fsp3) is 0.368. The first kappa shape index (κ1) is 17.8. The zero-order valence-electron chi connectivity index (χ0n) is 14.1. The van der Waals surface area contributed by atoms with E-state index in [-0.39, 0.29) is 11.9 Å². The van der Waals surface area contributed by atoms with Crippen LogP contribution in [0.4, 0.5) is 5.69 Å². The van der Waals surface area contributed by atoms with Crippen molar-refractivity contribution >= 4 is 17.6 Å². The molecule has 2 rings (SSSR count). The average molecular weight is 329 g/mol. The fourth-order valence-electron chi connectivity index (χ4n) is 2.17. The van der Waals surface area contributed by atoms with Crippen molar-refractivity contribution in [2.75, 3.05) is 11.9 Å². The Hall–Kier alpha value is -2.56. The molecule has 0 saturated carbocycles. The van der Waals surface area contributed by atoms with E-state index in [1.807, 2.05) is 26.0 Å². The van der Waals surface area contributed by atoms with Crippen LogP contribution < -0.4 is 5.32 Å². The van der Waals surface area contributed by atoms with Crippen LogP contribution in [0.1, 0.15) is 48.6 Å². The minimum atomic E-state index is -0.348. The van der Waals surface area contributed by atoms with Gasteiger partial charge in [-0.05, 0) is 42.8 Å². The lowest BCUT2D eigenvalue weighted by Gasteiger charge is -2.06. The number of hydrogen-bond donors (Lipinski definition) is 1. The minimum absolute atomic E-state index is 0.0919. The van der Waals surface area contributed by atoms with Gasteiger partial charge in [-0.2, -0.15) is 0 Å². The van der Waals surface area contributed by atoms with E-state index in [0.717, 1.165) is 24.4 Å². The second-order valence-corrected chi connectivity index (χ2v) is 5.48. The molecule has 0 aliphatic heterocycles. The number of hydrogen-bond acceptors (Lipinski definition) is 4. The molecule has 5 heteroatoms. The topological polar surface area (TPSA) is 68.5 Å². The monoisotopic (exact) mass is 329 g/mol. The molecular weight excluding hydrogens is 306 g/mol. The van der Waals surface area contributed by atoms with E-state index in [1.165, 1.54) is 0 Å². The summed E-state index contributed by atoms with van der Waals surface area (Å²) in [5, 5.41) is 2.81. The largest absolute Gasteiger partial charge is 0.466 e. The number of furan rings is 1. The highest BCUT2D eigenvalue weighted by Crippen LogP contribution is 2.13. The number of benzene rings is 1. The van der Waals surface area contributed by atoms with E-state index in [0.29, 0.717) is 30.7 Å². The minimum Gasteiger partial charge on any atom is -0.466 e. The quantitative estimate of drug-likeness (QED) is 0.744. The van der Waals surface area contributed by atoms with E-state index in [9.17, 15) is 9.59 Å². The van der Waals surface area contributed by atoms with Crippen LogP contribution in [0.25, 0.3) is 0 Å². The van der Waals surface area contributed by atoms with Crippen LogP contribution in [0.15, 0.2) is 40.8 Å². The van der Waals surface area contributed by atoms with E-state index < -0.39 is 0 Å². The summed E-state index contributed by atoms with van der Waals surface area (Å²) in [6, 6.07) is 10.5. The van der Waals surface area contributed by atoms with Gasteiger partial charge in [0.25, 0.3) is 0 Å². The Balaban J connectivity index is 1.82. The summed E-state index contributed by atoms with van der Waals surface area (Å²) in [5.74, 6) is 1.30. The molecule has 0 unspecified atom stereocenters. The van der Waals surface area contributed by atoms with Crippen molar-refractivity contribution in [1.29, 1.82) is 0 Å². The maximum atomic E-state index is 12.0. The normalized spacial score (nSPS) is 10.4.